The van der Waals surface area contributed by atoms with Gasteiger partial charge in [0.1, 0.15) is 0 Å². The van der Waals surface area contributed by atoms with Crippen LogP contribution in [0.15, 0.2) is 0 Å². The van der Waals surface area contributed by atoms with Gasteiger partial charge in [-0.05, 0) is 76.5 Å². The summed E-state index contributed by atoms with van der Waals surface area (Å²) < 4.78 is 5.70. The summed E-state index contributed by atoms with van der Waals surface area (Å²) in [7, 11) is 0. The maximum atomic E-state index is 12.0. The van der Waals surface area contributed by atoms with Gasteiger partial charge >= 0.3 is 5.97 Å². The Bertz CT molecular complexity index is 349. The van der Waals surface area contributed by atoms with Crippen LogP contribution >= 0.6 is 0 Å². The van der Waals surface area contributed by atoms with Gasteiger partial charge in [0.05, 0.1) is 12.0 Å². The summed E-state index contributed by atoms with van der Waals surface area (Å²) in [6, 6.07) is 0. The van der Waals surface area contributed by atoms with Gasteiger partial charge in [-0.2, -0.15) is 0 Å². The van der Waals surface area contributed by atoms with Crippen LogP contribution in [0.2, 0.25) is 0 Å². The van der Waals surface area contributed by atoms with Crippen molar-refractivity contribution in [3.63, 3.8) is 0 Å². The number of rotatable bonds is 2. The fourth-order valence-electron chi connectivity index (χ4n) is 4.93. The SMILES string of the molecule is CC(C)(C)C(=O)OCC1(C)C2CC3CC(C2)CC1C3. The van der Waals surface area contributed by atoms with Crippen molar-refractivity contribution in [2.45, 2.75) is 59.8 Å². The molecule has 19 heavy (non-hydrogen) atoms. The summed E-state index contributed by atoms with van der Waals surface area (Å²) in [6.07, 6.45) is 7.02. The Morgan fingerprint density at radius 1 is 1.05 bits per heavy atom. The molecule has 0 heterocycles. The molecule has 0 unspecified atom stereocenters. The Labute approximate surface area is 117 Å². The number of hydrogen-bond acceptors (Lipinski definition) is 2. The van der Waals surface area contributed by atoms with E-state index in [0.29, 0.717) is 6.61 Å². The summed E-state index contributed by atoms with van der Waals surface area (Å²) in [5.74, 6) is 3.53. The van der Waals surface area contributed by atoms with E-state index in [4.69, 9.17) is 4.74 Å². The third-order valence-corrected chi connectivity index (χ3v) is 6.13. The average Bonchev–Trinajstić information content (AvgIpc) is 2.31. The van der Waals surface area contributed by atoms with E-state index in [1.54, 1.807) is 0 Å². The van der Waals surface area contributed by atoms with E-state index in [1.165, 1.54) is 32.1 Å². The zero-order chi connectivity index (χ0) is 13.8. The van der Waals surface area contributed by atoms with Crippen LogP contribution in [-0.2, 0) is 9.53 Å². The molecule has 4 aliphatic carbocycles. The molecular weight excluding hydrogens is 236 g/mol. The lowest BCUT2D eigenvalue weighted by Crippen LogP contribution is -2.53. The zero-order valence-electron chi connectivity index (χ0n) is 12.9. The molecule has 0 aromatic rings. The lowest BCUT2D eigenvalue weighted by molar-refractivity contribution is -0.171. The van der Waals surface area contributed by atoms with Gasteiger partial charge in [0.2, 0.25) is 0 Å². The molecule has 4 bridgehead atoms. The smallest absolute Gasteiger partial charge is 0.311 e. The molecule has 0 radical (unpaired) electrons. The van der Waals surface area contributed by atoms with Gasteiger partial charge in [0, 0.05) is 5.41 Å². The van der Waals surface area contributed by atoms with Gasteiger partial charge in [-0.15, -0.1) is 0 Å². The van der Waals surface area contributed by atoms with E-state index in [9.17, 15) is 4.79 Å². The molecule has 4 fully saturated rings. The summed E-state index contributed by atoms with van der Waals surface area (Å²) in [4.78, 5) is 12.0. The van der Waals surface area contributed by atoms with E-state index in [-0.39, 0.29) is 16.8 Å². The lowest BCUT2D eigenvalue weighted by atomic mass is 9.46. The molecule has 0 amide bonds. The van der Waals surface area contributed by atoms with Crippen LogP contribution in [0.25, 0.3) is 0 Å². The molecular formula is C17H28O2. The maximum absolute atomic E-state index is 12.0. The Kier molecular flexibility index (Phi) is 3.00. The first-order valence-corrected chi connectivity index (χ1v) is 7.96. The highest BCUT2D eigenvalue weighted by Crippen LogP contribution is 2.62. The first-order valence-electron chi connectivity index (χ1n) is 7.96. The largest absolute Gasteiger partial charge is 0.465 e. The van der Waals surface area contributed by atoms with Crippen LogP contribution in [0.3, 0.4) is 0 Å². The molecule has 0 aliphatic heterocycles. The van der Waals surface area contributed by atoms with Crippen LogP contribution in [0, 0.1) is 34.5 Å². The third-order valence-electron chi connectivity index (χ3n) is 6.13. The predicted molar refractivity (Wildman–Crippen MR) is 75.6 cm³/mol. The minimum atomic E-state index is -0.373. The van der Waals surface area contributed by atoms with Crippen molar-refractivity contribution >= 4 is 5.97 Å². The second-order valence-corrected chi connectivity index (χ2v) is 8.64. The molecule has 4 aliphatic rings. The molecule has 0 N–H and O–H groups in total. The molecule has 4 saturated carbocycles. The zero-order valence-corrected chi connectivity index (χ0v) is 12.9. The highest BCUT2D eigenvalue weighted by Gasteiger charge is 2.55. The number of ether oxygens (including phenoxy) is 1. The normalized spacial score (nSPS) is 44.4. The lowest BCUT2D eigenvalue weighted by Gasteiger charge is -2.59. The quantitative estimate of drug-likeness (QED) is 0.704. The van der Waals surface area contributed by atoms with Crippen LogP contribution in [0.5, 0.6) is 0 Å². The molecule has 4 rings (SSSR count). The van der Waals surface area contributed by atoms with Gasteiger partial charge in [-0.25, -0.2) is 0 Å². The fraction of sp³-hybridized carbons (Fsp3) is 0.941. The number of hydrogen-bond donors (Lipinski definition) is 0. The van der Waals surface area contributed by atoms with Crippen LogP contribution in [-0.4, -0.2) is 12.6 Å². The monoisotopic (exact) mass is 264 g/mol. The average molecular weight is 264 g/mol. The van der Waals surface area contributed by atoms with Crippen molar-refractivity contribution in [3.05, 3.63) is 0 Å². The molecule has 2 nitrogen and oxygen atoms in total. The van der Waals surface area contributed by atoms with Gasteiger partial charge in [-0.3, -0.25) is 4.79 Å². The minimum Gasteiger partial charge on any atom is -0.465 e. The van der Waals surface area contributed by atoms with Crippen molar-refractivity contribution in [2.24, 2.45) is 34.5 Å². The van der Waals surface area contributed by atoms with Crippen molar-refractivity contribution < 1.29 is 9.53 Å². The highest BCUT2D eigenvalue weighted by atomic mass is 16.5. The van der Waals surface area contributed by atoms with Crippen molar-refractivity contribution in [2.75, 3.05) is 6.61 Å². The van der Waals surface area contributed by atoms with E-state index in [2.05, 4.69) is 6.92 Å². The van der Waals surface area contributed by atoms with E-state index < -0.39 is 0 Å². The Morgan fingerprint density at radius 2 is 1.53 bits per heavy atom. The molecule has 108 valence electrons. The minimum absolute atomic E-state index is 0.0393. The Morgan fingerprint density at radius 3 is 1.95 bits per heavy atom. The van der Waals surface area contributed by atoms with E-state index >= 15 is 0 Å². The van der Waals surface area contributed by atoms with Gasteiger partial charge in [0.15, 0.2) is 0 Å². The predicted octanol–water partition coefficient (Wildman–Crippen LogP) is 4.04. The summed E-state index contributed by atoms with van der Waals surface area (Å²) in [6.45, 7) is 8.85. The van der Waals surface area contributed by atoms with Gasteiger partial charge in [0.25, 0.3) is 0 Å². The van der Waals surface area contributed by atoms with Gasteiger partial charge in [-0.1, -0.05) is 6.92 Å². The standard InChI is InChI=1S/C17H28O2/c1-16(2,3)15(18)19-10-17(4)13-6-11-5-12(8-13)9-14(17)7-11/h11-14H,5-10H2,1-4H3. The van der Waals surface area contributed by atoms with Crippen molar-refractivity contribution in [3.8, 4) is 0 Å². The molecule has 0 atom stereocenters. The third kappa shape index (κ3) is 2.21. The Balaban J connectivity index is 1.68. The van der Waals surface area contributed by atoms with Crippen molar-refractivity contribution in [1.82, 2.24) is 0 Å². The number of carbonyl (C=O) groups excluding carboxylic acids is 1. The second-order valence-electron chi connectivity index (χ2n) is 8.64. The first-order chi connectivity index (χ1) is 8.79. The Hall–Kier alpha value is -0.530. The topological polar surface area (TPSA) is 26.3 Å². The number of esters is 1. The first kappa shape index (κ1) is 13.5. The summed E-state index contributed by atoms with van der Waals surface area (Å²) in [5, 5.41) is 0. The highest BCUT2D eigenvalue weighted by molar-refractivity contribution is 5.75. The molecule has 0 spiro atoms. The van der Waals surface area contributed by atoms with Crippen molar-refractivity contribution in [1.29, 1.82) is 0 Å². The van der Waals surface area contributed by atoms with Gasteiger partial charge < -0.3 is 4.74 Å². The summed E-state index contributed by atoms with van der Waals surface area (Å²) >= 11 is 0. The molecule has 2 heteroatoms. The second kappa shape index (κ2) is 4.23. The van der Waals surface area contributed by atoms with Crippen LogP contribution in [0.1, 0.15) is 59.8 Å². The molecule has 0 saturated heterocycles. The van der Waals surface area contributed by atoms with E-state index in [0.717, 1.165) is 23.7 Å². The fourth-order valence-corrected chi connectivity index (χ4v) is 4.93. The molecule has 0 aromatic carbocycles. The van der Waals surface area contributed by atoms with E-state index in [1.807, 2.05) is 20.8 Å². The summed E-state index contributed by atoms with van der Waals surface area (Å²) in [5.41, 5.74) is -0.114. The molecule has 0 aromatic heterocycles. The van der Waals surface area contributed by atoms with Crippen LogP contribution in [0.4, 0.5) is 0 Å². The maximum Gasteiger partial charge on any atom is 0.311 e. The number of carbonyl (C=O) groups is 1. The van der Waals surface area contributed by atoms with Crippen LogP contribution < -0.4 is 0 Å².